The van der Waals surface area contributed by atoms with Crippen LogP contribution in [0.5, 0.6) is 0 Å². The summed E-state index contributed by atoms with van der Waals surface area (Å²) in [6, 6.07) is 7.51. The summed E-state index contributed by atoms with van der Waals surface area (Å²) in [5.41, 5.74) is 9.60. The highest BCUT2D eigenvalue weighted by Crippen LogP contribution is 2.39. The molecule has 1 saturated carbocycles. The van der Waals surface area contributed by atoms with Gasteiger partial charge in [0.1, 0.15) is 5.82 Å². The van der Waals surface area contributed by atoms with Gasteiger partial charge < -0.3 is 10.3 Å². The summed E-state index contributed by atoms with van der Waals surface area (Å²) in [5, 5.41) is 0. The third kappa shape index (κ3) is 2.35. The quantitative estimate of drug-likeness (QED) is 0.899. The van der Waals surface area contributed by atoms with Crippen molar-refractivity contribution in [2.75, 3.05) is 6.54 Å². The van der Waals surface area contributed by atoms with Crippen molar-refractivity contribution in [3.63, 3.8) is 0 Å². The second kappa shape index (κ2) is 5.21. The lowest BCUT2D eigenvalue weighted by atomic mass is 9.85. The molecule has 20 heavy (non-hydrogen) atoms. The summed E-state index contributed by atoms with van der Waals surface area (Å²) in [6.07, 6.45) is 3.65. The molecule has 1 aromatic carbocycles. The van der Waals surface area contributed by atoms with Gasteiger partial charge in [-0.15, -0.1) is 0 Å². The predicted molar refractivity (Wildman–Crippen MR) is 84.0 cm³/mol. The Balaban J connectivity index is 2.02. The minimum absolute atomic E-state index is 0.538. The number of rotatable bonds is 5. The van der Waals surface area contributed by atoms with Crippen molar-refractivity contribution in [1.82, 2.24) is 9.55 Å². The maximum atomic E-state index is 5.77. The molecule has 1 aliphatic rings. The van der Waals surface area contributed by atoms with Crippen LogP contribution in [0.4, 0.5) is 0 Å². The van der Waals surface area contributed by atoms with Gasteiger partial charge in [0.2, 0.25) is 0 Å². The van der Waals surface area contributed by atoms with Crippen LogP contribution in [0.25, 0.3) is 11.0 Å². The second-order valence-corrected chi connectivity index (χ2v) is 6.44. The number of aryl methyl sites for hydroxylation is 1. The molecular formula is C17H25N3. The largest absolute Gasteiger partial charge is 0.330 e. The van der Waals surface area contributed by atoms with E-state index in [9.17, 15) is 0 Å². The highest BCUT2D eigenvalue weighted by atomic mass is 15.1. The van der Waals surface area contributed by atoms with Crippen LogP contribution in [0.1, 0.15) is 56.5 Å². The fourth-order valence-electron chi connectivity index (χ4n) is 3.32. The SMILES string of the molecule is Cc1nc2cc(C(CCN)C(C)C)ccc2n1C1CC1. The van der Waals surface area contributed by atoms with Crippen LogP contribution in [0.15, 0.2) is 18.2 Å². The first kappa shape index (κ1) is 13.6. The number of aromatic nitrogens is 2. The van der Waals surface area contributed by atoms with Crippen LogP contribution < -0.4 is 5.73 Å². The number of fused-ring (bicyclic) bond motifs is 1. The monoisotopic (exact) mass is 271 g/mol. The summed E-state index contributed by atoms with van der Waals surface area (Å²) in [7, 11) is 0. The summed E-state index contributed by atoms with van der Waals surface area (Å²) < 4.78 is 2.41. The van der Waals surface area contributed by atoms with E-state index in [2.05, 4.69) is 43.5 Å². The Kier molecular flexibility index (Phi) is 3.55. The molecular weight excluding hydrogens is 246 g/mol. The van der Waals surface area contributed by atoms with E-state index in [0.717, 1.165) is 24.3 Å². The zero-order valence-electron chi connectivity index (χ0n) is 12.8. The number of imidazole rings is 1. The van der Waals surface area contributed by atoms with Gasteiger partial charge in [0, 0.05) is 6.04 Å². The lowest BCUT2D eigenvalue weighted by Gasteiger charge is -2.20. The highest BCUT2D eigenvalue weighted by molar-refractivity contribution is 5.77. The Morgan fingerprint density at radius 3 is 2.70 bits per heavy atom. The first-order valence-corrected chi connectivity index (χ1v) is 7.80. The van der Waals surface area contributed by atoms with Crippen molar-refractivity contribution >= 4 is 11.0 Å². The Hall–Kier alpha value is -1.35. The average Bonchev–Trinajstić information content (AvgIpc) is 3.17. The number of nitrogens with zero attached hydrogens (tertiary/aromatic N) is 2. The summed E-state index contributed by atoms with van der Waals surface area (Å²) in [5.74, 6) is 2.30. The molecule has 1 atom stereocenters. The molecule has 1 unspecified atom stereocenters. The van der Waals surface area contributed by atoms with Crippen molar-refractivity contribution in [3.8, 4) is 0 Å². The molecule has 0 aliphatic heterocycles. The Labute approximate surface area is 121 Å². The van der Waals surface area contributed by atoms with Crippen molar-refractivity contribution in [1.29, 1.82) is 0 Å². The van der Waals surface area contributed by atoms with Gasteiger partial charge in [0.15, 0.2) is 0 Å². The van der Waals surface area contributed by atoms with E-state index < -0.39 is 0 Å². The van der Waals surface area contributed by atoms with Gasteiger partial charge in [0.25, 0.3) is 0 Å². The van der Waals surface area contributed by atoms with Crippen molar-refractivity contribution < 1.29 is 0 Å². The van der Waals surface area contributed by atoms with Crippen LogP contribution in [0.2, 0.25) is 0 Å². The topological polar surface area (TPSA) is 43.8 Å². The molecule has 0 bridgehead atoms. The summed E-state index contributed by atoms with van der Waals surface area (Å²) in [6.45, 7) is 7.42. The Bertz CT molecular complexity index is 608. The molecule has 0 saturated heterocycles. The van der Waals surface area contributed by atoms with Gasteiger partial charge in [-0.05, 0) is 62.3 Å². The molecule has 1 fully saturated rings. The minimum Gasteiger partial charge on any atom is -0.330 e. The van der Waals surface area contributed by atoms with E-state index >= 15 is 0 Å². The van der Waals surface area contributed by atoms with E-state index in [0.29, 0.717) is 17.9 Å². The van der Waals surface area contributed by atoms with Crippen LogP contribution in [0, 0.1) is 12.8 Å². The lowest BCUT2D eigenvalue weighted by molar-refractivity contribution is 0.473. The van der Waals surface area contributed by atoms with Crippen LogP contribution in [0.3, 0.4) is 0 Å². The fraction of sp³-hybridized carbons (Fsp3) is 0.588. The molecule has 3 rings (SSSR count). The molecule has 0 radical (unpaired) electrons. The Morgan fingerprint density at radius 2 is 2.10 bits per heavy atom. The normalized spacial score (nSPS) is 17.1. The highest BCUT2D eigenvalue weighted by Gasteiger charge is 2.27. The van der Waals surface area contributed by atoms with Gasteiger partial charge in [-0.25, -0.2) is 4.98 Å². The van der Waals surface area contributed by atoms with Crippen LogP contribution in [-0.4, -0.2) is 16.1 Å². The number of hydrogen-bond acceptors (Lipinski definition) is 2. The molecule has 3 nitrogen and oxygen atoms in total. The smallest absolute Gasteiger partial charge is 0.106 e. The Morgan fingerprint density at radius 1 is 1.35 bits per heavy atom. The van der Waals surface area contributed by atoms with Crippen molar-refractivity contribution in [2.45, 2.75) is 52.0 Å². The molecule has 108 valence electrons. The minimum atomic E-state index is 0.538. The third-order valence-corrected chi connectivity index (χ3v) is 4.51. The van der Waals surface area contributed by atoms with E-state index in [4.69, 9.17) is 10.7 Å². The number of benzene rings is 1. The van der Waals surface area contributed by atoms with Crippen LogP contribution >= 0.6 is 0 Å². The molecule has 1 aliphatic carbocycles. The summed E-state index contributed by atoms with van der Waals surface area (Å²) >= 11 is 0. The average molecular weight is 271 g/mol. The molecule has 2 aromatic rings. The number of hydrogen-bond donors (Lipinski definition) is 1. The zero-order chi connectivity index (χ0) is 14.3. The molecule has 3 heteroatoms. The fourth-order valence-corrected chi connectivity index (χ4v) is 3.32. The molecule has 1 aromatic heterocycles. The number of nitrogens with two attached hydrogens (primary N) is 1. The lowest BCUT2D eigenvalue weighted by Crippen LogP contribution is -2.12. The van der Waals surface area contributed by atoms with E-state index in [1.165, 1.54) is 23.9 Å². The van der Waals surface area contributed by atoms with Crippen LogP contribution in [-0.2, 0) is 0 Å². The predicted octanol–water partition coefficient (Wildman–Crippen LogP) is 3.77. The van der Waals surface area contributed by atoms with Gasteiger partial charge in [-0.1, -0.05) is 19.9 Å². The summed E-state index contributed by atoms with van der Waals surface area (Å²) in [4.78, 5) is 4.77. The maximum absolute atomic E-state index is 5.77. The standard InChI is InChI=1S/C17H25N3/c1-11(2)15(8-9-18)13-4-7-17-16(10-13)19-12(3)20(17)14-5-6-14/h4,7,10-11,14-15H,5-6,8-9,18H2,1-3H3. The van der Waals surface area contributed by atoms with Gasteiger partial charge in [-0.2, -0.15) is 0 Å². The van der Waals surface area contributed by atoms with Crippen molar-refractivity contribution in [3.05, 3.63) is 29.6 Å². The van der Waals surface area contributed by atoms with E-state index in [1.54, 1.807) is 0 Å². The van der Waals surface area contributed by atoms with Gasteiger partial charge >= 0.3 is 0 Å². The van der Waals surface area contributed by atoms with E-state index in [-0.39, 0.29) is 0 Å². The molecule has 2 N–H and O–H groups in total. The third-order valence-electron chi connectivity index (χ3n) is 4.51. The molecule has 1 heterocycles. The molecule has 0 amide bonds. The van der Waals surface area contributed by atoms with Gasteiger partial charge in [-0.3, -0.25) is 0 Å². The van der Waals surface area contributed by atoms with Gasteiger partial charge in [0.05, 0.1) is 11.0 Å². The maximum Gasteiger partial charge on any atom is 0.106 e. The van der Waals surface area contributed by atoms with E-state index in [1.807, 2.05) is 0 Å². The first-order valence-electron chi connectivity index (χ1n) is 7.80. The zero-order valence-corrected chi connectivity index (χ0v) is 12.8. The first-order chi connectivity index (χ1) is 9.61. The van der Waals surface area contributed by atoms with Crippen molar-refractivity contribution in [2.24, 2.45) is 11.7 Å². The molecule has 0 spiro atoms. The second-order valence-electron chi connectivity index (χ2n) is 6.44.